The standard InChI is InChI=1S/C30H26N3O/c1-5-13-24(14-6-1)21-28-30(25-15-7-2-8-16-25,26-17-9-3-10-18-26)34-22-29-31-33(23-32(28)29)27-19-11-4-12-20-27/h1-20,23,28H,21-22H2/q+1/t28-/m0/s1. The van der Waals surface area contributed by atoms with Crippen LogP contribution in [0, 0.1) is 0 Å². The first-order valence-electron chi connectivity index (χ1n) is 11.7. The van der Waals surface area contributed by atoms with Gasteiger partial charge < -0.3 is 4.74 Å². The van der Waals surface area contributed by atoms with E-state index in [-0.39, 0.29) is 6.04 Å². The molecule has 5 aromatic rings. The predicted octanol–water partition coefficient (Wildman–Crippen LogP) is 5.42. The van der Waals surface area contributed by atoms with Gasteiger partial charge in [-0.1, -0.05) is 114 Å². The Morgan fingerprint density at radius 2 is 1.26 bits per heavy atom. The summed E-state index contributed by atoms with van der Waals surface area (Å²) in [5.41, 5.74) is 3.94. The van der Waals surface area contributed by atoms with Crippen molar-refractivity contribution in [2.45, 2.75) is 24.7 Å². The van der Waals surface area contributed by atoms with Crippen molar-refractivity contribution in [2.24, 2.45) is 0 Å². The van der Waals surface area contributed by atoms with E-state index in [4.69, 9.17) is 9.84 Å². The van der Waals surface area contributed by atoms with Crippen LogP contribution in [0.2, 0.25) is 0 Å². The minimum atomic E-state index is -0.652. The zero-order valence-electron chi connectivity index (χ0n) is 18.9. The van der Waals surface area contributed by atoms with Crippen LogP contribution in [0.25, 0.3) is 5.69 Å². The average molecular weight is 445 g/mol. The van der Waals surface area contributed by atoms with Gasteiger partial charge in [-0.25, -0.2) is 4.57 Å². The first kappa shape index (κ1) is 20.6. The number of fused-ring (bicyclic) bond motifs is 1. The van der Waals surface area contributed by atoms with Gasteiger partial charge >= 0.3 is 5.82 Å². The number of ether oxygens (including phenoxy) is 1. The topological polar surface area (TPSA) is 30.9 Å². The molecule has 1 atom stereocenters. The van der Waals surface area contributed by atoms with Crippen LogP contribution >= 0.6 is 0 Å². The summed E-state index contributed by atoms with van der Waals surface area (Å²) in [4.78, 5) is 0. The molecule has 0 spiro atoms. The molecule has 4 nitrogen and oxygen atoms in total. The number of hydrogen-bond acceptors (Lipinski definition) is 2. The average Bonchev–Trinajstić information content (AvgIpc) is 3.36. The maximum absolute atomic E-state index is 6.90. The van der Waals surface area contributed by atoms with Crippen LogP contribution in [0.3, 0.4) is 0 Å². The summed E-state index contributed by atoms with van der Waals surface area (Å²) >= 11 is 0. The van der Waals surface area contributed by atoms with Crippen molar-refractivity contribution in [3.63, 3.8) is 0 Å². The lowest BCUT2D eigenvalue weighted by Crippen LogP contribution is -2.59. The van der Waals surface area contributed by atoms with Crippen molar-refractivity contribution < 1.29 is 9.30 Å². The van der Waals surface area contributed by atoms with Gasteiger partial charge in [-0.3, -0.25) is 0 Å². The van der Waals surface area contributed by atoms with E-state index in [0.717, 1.165) is 29.1 Å². The summed E-state index contributed by atoms with van der Waals surface area (Å²) < 4.78 is 11.2. The van der Waals surface area contributed by atoms with Gasteiger partial charge in [0.25, 0.3) is 0 Å². The molecule has 0 saturated carbocycles. The fourth-order valence-corrected chi connectivity index (χ4v) is 5.09. The van der Waals surface area contributed by atoms with Gasteiger partial charge in [0.05, 0.1) is 0 Å². The summed E-state index contributed by atoms with van der Waals surface area (Å²) in [5, 5.41) is 4.92. The molecule has 0 N–H and O–H groups in total. The van der Waals surface area contributed by atoms with Crippen LogP contribution < -0.4 is 4.57 Å². The molecule has 0 bridgehead atoms. The van der Waals surface area contributed by atoms with Gasteiger partial charge in [-0.15, -0.1) is 0 Å². The van der Waals surface area contributed by atoms with Gasteiger partial charge in [-0.05, 0) is 28.8 Å². The van der Waals surface area contributed by atoms with Crippen LogP contribution in [0.15, 0.2) is 128 Å². The summed E-state index contributed by atoms with van der Waals surface area (Å²) in [7, 11) is 0. The summed E-state index contributed by atoms with van der Waals surface area (Å²) in [6.45, 7) is 0.426. The Morgan fingerprint density at radius 1 is 0.735 bits per heavy atom. The first-order chi connectivity index (χ1) is 16.8. The number of para-hydroxylation sites is 1. The van der Waals surface area contributed by atoms with Crippen molar-refractivity contribution in [3.05, 3.63) is 150 Å². The Morgan fingerprint density at radius 3 is 1.85 bits per heavy atom. The molecule has 166 valence electrons. The maximum Gasteiger partial charge on any atom is 0.304 e. The fourth-order valence-electron chi connectivity index (χ4n) is 5.09. The number of nitrogens with zero attached hydrogens (tertiary/aromatic N) is 3. The Bertz CT molecular complexity index is 1330. The molecule has 0 unspecified atom stereocenters. The fraction of sp³-hybridized carbons (Fsp3) is 0.133. The van der Waals surface area contributed by atoms with Gasteiger partial charge in [-0.2, -0.15) is 0 Å². The Labute approximate surface area is 199 Å². The molecule has 1 aliphatic heterocycles. The highest BCUT2D eigenvalue weighted by molar-refractivity contribution is 5.39. The Balaban J connectivity index is 1.57. The number of aromatic nitrogens is 3. The normalized spacial score (nSPS) is 16.6. The second-order valence-electron chi connectivity index (χ2n) is 8.68. The second kappa shape index (κ2) is 8.73. The van der Waals surface area contributed by atoms with Crippen LogP contribution in [0.4, 0.5) is 0 Å². The smallest absolute Gasteiger partial charge is 0.304 e. The van der Waals surface area contributed by atoms with Crippen molar-refractivity contribution in [3.8, 4) is 5.69 Å². The quantitative estimate of drug-likeness (QED) is 0.339. The van der Waals surface area contributed by atoms with E-state index in [1.54, 1.807) is 0 Å². The van der Waals surface area contributed by atoms with Gasteiger partial charge in [0.2, 0.25) is 6.33 Å². The molecular formula is C30H26N3O+. The highest BCUT2D eigenvalue weighted by Crippen LogP contribution is 2.45. The van der Waals surface area contributed by atoms with Crippen LogP contribution in [0.5, 0.6) is 0 Å². The van der Waals surface area contributed by atoms with E-state index in [1.165, 1.54) is 5.56 Å². The number of rotatable bonds is 5. The van der Waals surface area contributed by atoms with E-state index in [1.807, 2.05) is 22.9 Å². The van der Waals surface area contributed by atoms with Crippen LogP contribution in [-0.2, 0) is 23.4 Å². The predicted molar refractivity (Wildman–Crippen MR) is 131 cm³/mol. The molecule has 4 aromatic carbocycles. The monoisotopic (exact) mass is 444 g/mol. The zero-order valence-corrected chi connectivity index (χ0v) is 18.9. The maximum atomic E-state index is 6.90. The molecule has 0 aliphatic carbocycles. The van der Waals surface area contributed by atoms with Gasteiger partial charge in [0.15, 0.2) is 5.60 Å². The van der Waals surface area contributed by atoms with E-state index in [2.05, 4.69) is 114 Å². The van der Waals surface area contributed by atoms with Crippen molar-refractivity contribution >= 4 is 0 Å². The first-order valence-corrected chi connectivity index (χ1v) is 11.7. The second-order valence-corrected chi connectivity index (χ2v) is 8.68. The highest BCUT2D eigenvalue weighted by atomic mass is 16.5. The molecule has 0 amide bonds. The van der Waals surface area contributed by atoms with Gasteiger partial charge in [0, 0.05) is 11.5 Å². The van der Waals surface area contributed by atoms with Crippen LogP contribution in [0.1, 0.15) is 28.6 Å². The summed E-state index contributed by atoms with van der Waals surface area (Å²) in [5.74, 6) is 0.923. The molecule has 0 radical (unpaired) electrons. The largest absolute Gasteiger partial charge is 0.351 e. The van der Waals surface area contributed by atoms with Crippen molar-refractivity contribution in [1.82, 2.24) is 9.78 Å². The summed E-state index contributed by atoms with van der Waals surface area (Å²) in [6, 6.07) is 42.1. The molecule has 6 rings (SSSR count). The zero-order chi connectivity index (χ0) is 22.8. The van der Waals surface area contributed by atoms with E-state index >= 15 is 0 Å². The molecular weight excluding hydrogens is 418 g/mol. The molecule has 1 aliphatic rings. The lowest BCUT2D eigenvalue weighted by Gasteiger charge is -2.42. The minimum absolute atomic E-state index is 0.0269. The molecule has 0 saturated heterocycles. The molecule has 4 heteroatoms. The van der Waals surface area contributed by atoms with E-state index < -0.39 is 5.60 Å². The van der Waals surface area contributed by atoms with E-state index in [0.29, 0.717) is 6.61 Å². The van der Waals surface area contributed by atoms with Gasteiger partial charge in [0.1, 0.15) is 18.3 Å². The lowest BCUT2D eigenvalue weighted by atomic mass is 9.76. The highest BCUT2D eigenvalue weighted by Gasteiger charge is 2.51. The number of benzene rings is 4. The Hall–Kier alpha value is -4.02. The molecule has 2 heterocycles. The Kier molecular flexibility index (Phi) is 5.28. The van der Waals surface area contributed by atoms with Crippen molar-refractivity contribution in [1.29, 1.82) is 0 Å². The molecule has 34 heavy (non-hydrogen) atoms. The lowest BCUT2D eigenvalue weighted by molar-refractivity contribution is -0.758. The SMILES string of the molecule is c1ccc(C[C@@H]2[n+]3cn(-c4ccccc4)nc3COC2(c2ccccc2)c2ccccc2)cc1. The molecule has 1 aromatic heterocycles. The minimum Gasteiger partial charge on any atom is -0.351 e. The molecule has 0 fully saturated rings. The van der Waals surface area contributed by atoms with Crippen LogP contribution in [-0.4, -0.2) is 9.78 Å². The van der Waals surface area contributed by atoms with Crippen molar-refractivity contribution in [2.75, 3.05) is 0 Å². The third-order valence-corrected chi connectivity index (χ3v) is 6.69. The third kappa shape index (κ3) is 3.53. The number of hydrogen-bond donors (Lipinski definition) is 0. The third-order valence-electron chi connectivity index (χ3n) is 6.69. The van der Waals surface area contributed by atoms with E-state index in [9.17, 15) is 0 Å². The summed E-state index contributed by atoms with van der Waals surface area (Å²) in [6.07, 6.45) is 2.93.